The summed E-state index contributed by atoms with van der Waals surface area (Å²) in [5.41, 5.74) is -0.159. The van der Waals surface area contributed by atoms with E-state index in [4.69, 9.17) is 4.55 Å². The average molecular weight is 263 g/mol. The molecule has 1 rings (SSSR count). The fourth-order valence-electron chi connectivity index (χ4n) is 1.38. The van der Waals surface area contributed by atoms with Gasteiger partial charge in [-0.3, -0.25) is 4.55 Å². The highest BCUT2D eigenvalue weighted by Crippen LogP contribution is 2.24. The van der Waals surface area contributed by atoms with E-state index in [0.29, 0.717) is 13.0 Å². The zero-order chi connectivity index (χ0) is 12.2. The summed E-state index contributed by atoms with van der Waals surface area (Å²) in [4.78, 5) is 1.21. The monoisotopic (exact) mass is 263 g/mol. The Kier molecular flexibility index (Phi) is 4.49. The molecule has 0 saturated heterocycles. The molecule has 0 bridgehead atoms. The Hall–Kier alpha value is -0.430. The first-order valence-electron chi connectivity index (χ1n) is 5.05. The van der Waals surface area contributed by atoms with Crippen LogP contribution in [0.15, 0.2) is 17.5 Å². The minimum Gasteiger partial charge on any atom is -0.307 e. The van der Waals surface area contributed by atoms with Crippen molar-refractivity contribution in [3.63, 3.8) is 0 Å². The van der Waals surface area contributed by atoms with Crippen molar-refractivity contribution < 1.29 is 13.0 Å². The molecule has 16 heavy (non-hydrogen) atoms. The van der Waals surface area contributed by atoms with Crippen LogP contribution in [-0.4, -0.2) is 25.3 Å². The van der Waals surface area contributed by atoms with Gasteiger partial charge in [0.15, 0.2) is 0 Å². The second-order valence-electron chi connectivity index (χ2n) is 4.17. The molecule has 0 aromatic carbocycles. The Balaban J connectivity index is 2.38. The summed E-state index contributed by atoms with van der Waals surface area (Å²) in [7, 11) is -3.83. The second-order valence-corrected chi connectivity index (χ2v) is 6.69. The third kappa shape index (κ3) is 4.61. The lowest BCUT2D eigenvalue weighted by atomic mass is 10.0. The molecule has 0 unspecified atom stereocenters. The summed E-state index contributed by atoms with van der Waals surface area (Å²) in [6.07, 6.45) is 0.410. The summed E-state index contributed by atoms with van der Waals surface area (Å²) < 4.78 is 29.6. The van der Waals surface area contributed by atoms with Crippen LogP contribution in [0, 0.1) is 0 Å². The van der Waals surface area contributed by atoms with E-state index in [2.05, 4.69) is 5.32 Å². The van der Waals surface area contributed by atoms with E-state index < -0.39 is 10.1 Å². The molecule has 1 heterocycles. The van der Waals surface area contributed by atoms with Crippen molar-refractivity contribution in [1.29, 1.82) is 0 Å². The maximum atomic E-state index is 10.5. The van der Waals surface area contributed by atoms with Crippen LogP contribution < -0.4 is 5.32 Å². The Bertz CT molecular complexity index is 409. The van der Waals surface area contributed by atoms with E-state index in [0.717, 1.165) is 0 Å². The van der Waals surface area contributed by atoms with Crippen molar-refractivity contribution in [2.75, 3.05) is 12.3 Å². The fraction of sp³-hybridized carbons (Fsp3) is 0.600. The number of hydrogen-bond acceptors (Lipinski definition) is 4. The molecule has 0 fully saturated rings. The van der Waals surface area contributed by atoms with Crippen LogP contribution in [0.4, 0.5) is 0 Å². The third-order valence-electron chi connectivity index (χ3n) is 2.28. The number of thiophene rings is 1. The van der Waals surface area contributed by atoms with Gasteiger partial charge >= 0.3 is 0 Å². The SMILES string of the molecule is CC(C)(NCCCS(=O)(=O)O)c1cccs1. The Morgan fingerprint density at radius 1 is 1.50 bits per heavy atom. The first kappa shape index (κ1) is 13.6. The largest absolute Gasteiger partial charge is 0.307 e. The molecular formula is C10H17NO3S2. The molecule has 2 N–H and O–H groups in total. The number of hydrogen-bond donors (Lipinski definition) is 2. The molecule has 0 aliphatic heterocycles. The van der Waals surface area contributed by atoms with Gasteiger partial charge in [-0.15, -0.1) is 11.3 Å². The number of rotatable bonds is 6. The first-order valence-corrected chi connectivity index (χ1v) is 7.54. The van der Waals surface area contributed by atoms with Crippen LogP contribution in [-0.2, 0) is 15.7 Å². The Morgan fingerprint density at radius 3 is 2.69 bits per heavy atom. The lowest BCUT2D eigenvalue weighted by Gasteiger charge is -2.25. The quantitative estimate of drug-likeness (QED) is 0.607. The van der Waals surface area contributed by atoms with Crippen molar-refractivity contribution in [3.8, 4) is 0 Å². The van der Waals surface area contributed by atoms with E-state index in [1.165, 1.54) is 4.88 Å². The van der Waals surface area contributed by atoms with Crippen molar-refractivity contribution in [2.45, 2.75) is 25.8 Å². The molecule has 0 saturated carbocycles. The maximum absolute atomic E-state index is 10.5. The van der Waals surface area contributed by atoms with E-state index in [-0.39, 0.29) is 11.3 Å². The lowest BCUT2D eigenvalue weighted by molar-refractivity contribution is 0.409. The molecule has 0 spiro atoms. The third-order valence-corrected chi connectivity index (χ3v) is 4.28. The van der Waals surface area contributed by atoms with Crippen LogP contribution in [0.2, 0.25) is 0 Å². The molecule has 0 aliphatic rings. The van der Waals surface area contributed by atoms with Gasteiger partial charge < -0.3 is 5.32 Å². The van der Waals surface area contributed by atoms with Crippen molar-refractivity contribution >= 4 is 21.5 Å². The predicted octanol–water partition coefficient (Wildman–Crippen LogP) is 1.85. The topological polar surface area (TPSA) is 66.4 Å². The highest BCUT2D eigenvalue weighted by atomic mass is 32.2. The van der Waals surface area contributed by atoms with Gasteiger partial charge in [0.2, 0.25) is 0 Å². The number of nitrogens with one attached hydrogen (secondary N) is 1. The summed E-state index contributed by atoms with van der Waals surface area (Å²) in [5.74, 6) is -0.194. The van der Waals surface area contributed by atoms with E-state index in [1.807, 2.05) is 31.4 Å². The molecule has 6 heteroatoms. The molecule has 1 aromatic rings. The highest BCUT2D eigenvalue weighted by molar-refractivity contribution is 7.85. The standard InChI is InChI=1S/C10H17NO3S2/c1-10(2,9-5-3-7-15-9)11-6-4-8-16(12,13)14/h3,5,7,11H,4,6,8H2,1-2H3,(H,12,13,14). The van der Waals surface area contributed by atoms with E-state index >= 15 is 0 Å². The average Bonchev–Trinajstić information content (AvgIpc) is 2.64. The molecule has 0 atom stereocenters. The van der Waals surface area contributed by atoms with E-state index in [9.17, 15) is 8.42 Å². The summed E-state index contributed by atoms with van der Waals surface area (Å²) in [6.45, 7) is 4.66. The van der Waals surface area contributed by atoms with Crippen molar-refractivity contribution in [3.05, 3.63) is 22.4 Å². The van der Waals surface area contributed by atoms with Gasteiger partial charge in [0.1, 0.15) is 0 Å². The zero-order valence-electron chi connectivity index (χ0n) is 9.43. The highest BCUT2D eigenvalue weighted by Gasteiger charge is 2.20. The maximum Gasteiger partial charge on any atom is 0.264 e. The van der Waals surface area contributed by atoms with Gasteiger partial charge in [0.05, 0.1) is 5.75 Å². The van der Waals surface area contributed by atoms with Crippen molar-refractivity contribution in [2.24, 2.45) is 0 Å². The Labute approximate surface area is 100 Å². The molecular weight excluding hydrogens is 246 g/mol. The zero-order valence-corrected chi connectivity index (χ0v) is 11.1. The van der Waals surface area contributed by atoms with Crippen LogP contribution in [0.5, 0.6) is 0 Å². The smallest absolute Gasteiger partial charge is 0.264 e. The van der Waals surface area contributed by atoms with Gasteiger partial charge in [0, 0.05) is 10.4 Å². The fourth-order valence-corrected chi connectivity index (χ4v) is 2.71. The molecule has 0 radical (unpaired) electrons. The van der Waals surface area contributed by atoms with Gasteiger partial charge in [-0.2, -0.15) is 8.42 Å². The van der Waals surface area contributed by atoms with Crippen molar-refractivity contribution in [1.82, 2.24) is 5.32 Å². The minimum absolute atomic E-state index is 0.159. The van der Waals surface area contributed by atoms with Gasteiger partial charge in [0.25, 0.3) is 10.1 Å². The molecule has 1 aromatic heterocycles. The normalized spacial score (nSPS) is 12.9. The summed E-state index contributed by atoms with van der Waals surface area (Å²) in [6, 6.07) is 4.03. The summed E-state index contributed by atoms with van der Waals surface area (Å²) in [5, 5.41) is 5.28. The first-order chi connectivity index (χ1) is 7.31. The van der Waals surface area contributed by atoms with Crippen LogP contribution >= 0.6 is 11.3 Å². The van der Waals surface area contributed by atoms with Gasteiger partial charge in [-0.25, -0.2) is 0 Å². The predicted molar refractivity (Wildman–Crippen MR) is 66.4 cm³/mol. The molecule has 0 aliphatic carbocycles. The van der Waals surface area contributed by atoms with E-state index in [1.54, 1.807) is 11.3 Å². The van der Waals surface area contributed by atoms with Gasteiger partial charge in [-0.05, 0) is 38.3 Å². The van der Waals surface area contributed by atoms with Crippen LogP contribution in [0.3, 0.4) is 0 Å². The molecule has 0 amide bonds. The minimum atomic E-state index is -3.83. The Morgan fingerprint density at radius 2 is 2.19 bits per heavy atom. The van der Waals surface area contributed by atoms with Crippen LogP contribution in [0.25, 0.3) is 0 Å². The lowest BCUT2D eigenvalue weighted by Crippen LogP contribution is -2.36. The van der Waals surface area contributed by atoms with Crippen LogP contribution in [0.1, 0.15) is 25.1 Å². The summed E-state index contributed by atoms with van der Waals surface area (Å²) >= 11 is 1.66. The molecule has 92 valence electrons. The molecule has 4 nitrogen and oxygen atoms in total. The second kappa shape index (κ2) is 5.27. The van der Waals surface area contributed by atoms with Gasteiger partial charge in [-0.1, -0.05) is 6.07 Å².